The number of aliphatic hydroxyl groups is 2. The Morgan fingerprint density at radius 3 is 1.43 bits per heavy atom. The summed E-state index contributed by atoms with van der Waals surface area (Å²) in [5.74, 6) is 0. The van der Waals surface area contributed by atoms with Gasteiger partial charge in [0.25, 0.3) is 0 Å². The molecule has 0 saturated carbocycles. The molecule has 0 aromatic carbocycles. The van der Waals surface area contributed by atoms with Crippen LogP contribution in [0.2, 0.25) is 0 Å². The fourth-order valence-corrected chi connectivity index (χ4v) is 0.403. The van der Waals surface area contributed by atoms with Crippen molar-refractivity contribution < 1.29 is 10.2 Å². The van der Waals surface area contributed by atoms with Gasteiger partial charge in [-0.15, -0.1) is 0 Å². The lowest BCUT2D eigenvalue weighted by atomic mass is 9.67. The van der Waals surface area contributed by atoms with E-state index >= 15 is 0 Å². The Hall–Kier alpha value is -0.0151. The lowest BCUT2D eigenvalue weighted by Gasteiger charge is -2.01. The molecule has 0 rings (SSSR count). The van der Waals surface area contributed by atoms with Crippen molar-refractivity contribution in [2.24, 2.45) is 0 Å². The summed E-state index contributed by atoms with van der Waals surface area (Å²) in [6, 6.07) is -1.00. The van der Waals surface area contributed by atoms with Crippen molar-refractivity contribution >= 4 is 7.28 Å². The molecule has 0 aromatic rings. The van der Waals surface area contributed by atoms with Gasteiger partial charge in [-0.3, -0.25) is 0 Å². The Kier molecular flexibility index (Phi) is 3.04. The van der Waals surface area contributed by atoms with Crippen LogP contribution in [0.5, 0.6) is 0 Å². The third-order valence-corrected chi connectivity index (χ3v) is 0.557. The van der Waals surface area contributed by atoms with E-state index in [1.54, 1.807) is 13.8 Å². The van der Waals surface area contributed by atoms with Gasteiger partial charge < -0.3 is 10.2 Å². The van der Waals surface area contributed by atoms with Crippen LogP contribution in [0, 0.1) is 0 Å². The minimum atomic E-state index is -0.500. The Labute approximate surface area is 44.4 Å². The van der Waals surface area contributed by atoms with Gasteiger partial charge in [0.2, 0.25) is 0 Å². The first-order valence-electron chi connectivity index (χ1n) is 2.34. The van der Waals surface area contributed by atoms with Crippen LogP contribution in [0.15, 0.2) is 0 Å². The van der Waals surface area contributed by atoms with E-state index in [2.05, 4.69) is 0 Å². The second-order valence-corrected chi connectivity index (χ2v) is 1.67. The summed E-state index contributed by atoms with van der Waals surface area (Å²) >= 11 is 0. The van der Waals surface area contributed by atoms with Gasteiger partial charge in [0, 0.05) is 12.0 Å². The van der Waals surface area contributed by atoms with Crippen LogP contribution in [-0.4, -0.2) is 29.5 Å². The Balaban J connectivity index is 2.95. The zero-order chi connectivity index (χ0) is 5.86. The molecule has 0 bridgehead atoms. The molecule has 3 heteroatoms. The molecule has 0 fully saturated rings. The molecule has 0 heterocycles. The van der Waals surface area contributed by atoms with Crippen LogP contribution in [0.4, 0.5) is 0 Å². The minimum absolute atomic E-state index is 0.500. The van der Waals surface area contributed by atoms with Crippen molar-refractivity contribution in [3.8, 4) is 0 Å². The van der Waals surface area contributed by atoms with E-state index in [-0.39, 0.29) is 0 Å². The summed E-state index contributed by atoms with van der Waals surface area (Å²) in [4.78, 5) is 0. The molecule has 7 heavy (non-hydrogen) atoms. The Bertz CT molecular complexity index is 39.0. The standard InChI is InChI=1S/C4H10BO2/c1-3(6)5-4(2)7/h3-4,6-7H,1-2H3. The minimum Gasteiger partial charge on any atom is -0.402 e. The maximum atomic E-state index is 8.51. The predicted molar refractivity (Wildman–Crippen MR) is 29.1 cm³/mol. The molecule has 0 amide bonds. The quantitative estimate of drug-likeness (QED) is 0.454. The molecular weight excluding hydrogens is 90.9 g/mol. The molecule has 0 aliphatic carbocycles. The summed E-state index contributed by atoms with van der Waals surface area (Å²) in [7, 11) is 1.44. The monoisotopic (exact) mass is 101 g/mol. The number of rotatable bonds is 2. The molecule has 2 N–H and O–H groups in total. The predicted octanol–water partition coefficient (Wildman–Crippen LogP) is -0.633. The topological polar surface area (TPSA) is 40.5 Å². The largest absolute Gasteiger partial charge is 0.402 e. The number of hydrogen-bond acceptors (Lipinski definition) is 2. The van der Waals surface area contributed by atoms with Gasteiger partial charge in [-0.25, -0.2) is 0 Å². The Morgan fingerprint density at radius 2 is 1.43 bits per heavy atom. The van der Waals surface area contributed by atoms with E-state index < -0.39 is 12.0 Å². The van der Waals surface area contributed by atoms with Gasteiger partial charge in [-0.05, 0) is 13.8 Å². The van der Waals surface area contributed by atoms with Gasteiger partial charge in [0.05, 0.1) is 0 Å². The van der Waals surface area contributed by atoms with Gasteiger partial charge in [-0.2, -0.15) is 0 Å². The summed E-state index contributed by atoms with van der Waals surface area (Å²) < 4.78 is 0. The van der Waals surface area contributed by atoms with Gasteiger partial charge >= 0.3 is 0 Å². The van der Waals surface area contributed by atoms with Crippen molar-refractivity contribution in [2.45, 2.75) is 25.9 Å². The molecule has 0 saturated heterocycles. The fourth-order valence-electron chi connectivity index (χ4n) is 0.403. The first-order chi connectivity index (χ1) is 3.13. The first-order valence-corrected chi connectivity index (χ1v) is 2.34. The van der Waals surface area contributed by atoms with Crippen molar-refractivity contribution in [3.63, 3.8) is 0 Å². The van der Waals surface area contributed by atoms with Crippen molar-refractivity contribution in [1.82, 2.24) is 0 Å². The zero-order valence-corrected chi connectivity index (χ0v) is 4.63. The number of aliphatic hydroxyl groups excluding tert-OH is 2. The van der Waals surface area contributed by atoms with E-state index in [0.717, 1.165) is 0 Å². The van der Waals surface area contributed by atoms with E-state index in [1.165, 1.54) is 7.28 Å². The Morgan fingerprint density at radius 1 is 1.14 bits per heavy atom. The average Bonchev–Trinajstić information content (AvgIpc) is 1.27. The van der Waals surface area contributed by atoms with Gasteiger partial charge in [-0.1, -0.05) is 0 Å². The zero-order valence-electron chi connectivity index (χ0n) is 4.63. The average molecular weight is 101 g/mol. The highest BCUT2D eigenvalue weighted by atomic mass is 16.3. The van der Waals surface area contributed by atoms with Crippen LogP contribution >= 0.6 is 0 Å². The second kappa shape index (κ2) is 3.05. The van der Waals surface area contributed by atoms with Gasteiger partial charge in [0.1, 0.15) is 0 Å². The van der Waals surface area contributed by atoms with E-state index in [1.807, 2.05) is 0 Å². The molecule has 0 spiro atoms. The molecular formula is C4H10BO2. The summed E-state index contributed by atoms with van der Waals surface area (Å²) in [5.41, 5.74) is 0. The van der Waals surface area contributed by atoms with Crippen molar-refractivity contribution in [2.75, 3.05) is 0 Å². The van der Waals surface area contributed by atoms with E-state index in [9.17, 15) is 0 Å². The van der Waals surface area contributed by atoms with Crippen LogP contribution in [0.1, 0.15) is 13.8 Å². The van der Waals surface area contributed by atoms with Crippen molar-refractivity contribution in [3.05, 3.63) is 0 Å². The number of hydrogen-bond donors (Lipinski definition) is 2. The summed E-state index contributed by atoms with van der Waals surface area (Å²) in [6.07, 6.45) is 0. The fraction of sp³-hybridized carbons (Fsp3) is 1.00. The SMILES string of the molecule is CC(O)[B]C(C)O. The van der Waals surface area contributed by atoms with Crippen LogP contribution < -0.4 is 0 Å². The molecule has 41 valence electrons. The van der Waals surface area contributed by atoms with Crippen LogP contribution in [-0.2, 0) is 0 Å². The van der Waals surface area contributed by atoms with Crippen molar-refractivity contribution in [1.29, 1.82) is 0 Å². The van der Waals surface area contributed by atoms with E-state index in [0.29, 0.717) is 0 Å². The lowest BCUT2D eigenvalue weighted by molar-refractivity contribution is 0.235. The van der Waals surface area contributed by atoms with Crippen LogP contribution in [0.3, 0.4) is 0 Å². The third kappa shape index (κ3) is 5.98. The van der Waals surface area contributed by atoms with Gasteiger partial charge in [0.15, 0.2) is 7.28 Å². The van der Waals surface area contributed by atoms with E-state index in [4.69, 9.17) is 10.2 Å². The lowest BCUT2D eigenvalue weighted by Crippen LogP contribution is -2.23. The molecule has 0 aliphatic rings. The highest BCUT2D eigenvalue weighted by Gasteiger charge is 2.02. The molecule has 1 radical (unpaired) electrons. The highest BCUT2D eigenvalue weighted by molar-refractivity contribution is 6.38. The summed E-state index contributed by atoms with van der Waals surface area (Å²) in [6.45, 7) is 3.21. The maximum Gasteiger partial charge on any atom is 0.186 e. The molecule has 0 aliphatic heterocycles. The third-order valence-electron chi connectivity index (χ3n) is 0.557. The molecule has 0 aromatic heterocycles. The first kappa shape index (κ1) is 6.98. The molecule has 2 atom stereocenters. The maximum absolute atomic E-state index is 8.51. The summed E-state index contributed by atoms with van der Waals surface area (Å²) in [5, 5.41) is 17.0. The van der Waals surface area contributed by atoms with Crippen LogP contribution in [0.25, 0.3) is 0 Å². The smallest absolute Gasteiger partial charge is 0.186 e. The highest BCUT2D eigenvalue weighted by Crippen LogP contribution is 1.80. The second-order valence-electron chi connectivity index (χ2n) is 1.67. The normalized spacial score (nSPS) is 18.3. The molecule has 2 nitrogen and oxygen atoms in total. The molecule has 2 unspecified atom stereocenters.